The van der Waals surface area contributed by atoms with Crippen LogP contribution in [0.4, 0.5) is 0 Å². The van der Waals surface area contributed by atoms with Crippen LogP contribution in [-0.4, -0.2) is 14.7 Å². The van der Waals surface area contributed by atoms with Crippen molar-refractivity contribution in [2.24, 2.45) is 0 Å². The van der Waals surface area contributed by atoms with E-state index in [-0.39, 0.29) is 5.54 Å². The van der Waals surface area contributed by atoms with E-state index in [9.17, 15) is 8.42 Å². The molecule has 1 aliphatic carbocycles. The molecule has 0 spiro atoms. The Kier molecular flexibility index (Phi) is 2.65. The summed E-state index contributed by atoms with van der Waals surface area (Å²) in [7, 11) is -3.15. The molecule has 1 fully saturated rings. The van der Waals surface area contributed by atoms with Crippen LogP contribution >= 0.6 is 15.9 Å². The summed E-state index contributed by atoms with van der Waals surface area (Å²) in [4.78, 5) is 0. The largest absolute Gasteiger partial charge is 0.213 e. The standard InChI is InChI=1S/C10H12BrNO2S/c1-15(13,14)12-10(5-6-10)8-3-2-4-9(11)7-8/h2-4,7,12H,5-6H2,1H3. The average molecular weight is 290 g/mol. The third kappa shape index (κ3) is 2.59. The van der Waals surface area contributed by atoms with Gasteiger partial charge in [0.05, 0.1) is 11.8 Å². The fourth-order valence-corrected chi connectivity index (χ4v) is 3.15. The Balaban J connectivity index is 2.31. The molecule has 1 N–H and O–H groups in total. The van der Waals surface area contributed by atoms with E-state index in [1.54, 1.807) is 0 Å². The molecule has 2 rings (SSSR count). The highest BCUT2D eigenvalue weighted by molar-refractivity contribution is 9.10. The summed E-state index contributed by atoms with van der Waals surface area (Å²) in [5.41, 5.74) is 0.680. The van der Waals surface area contributed by atoms with Gasteiger partial charge in [0.1, 0.15) is 0 Å². The first kappa shape index (κ1) is 11.1. The molecule has 15 heavy (non-hydrogen) atoms. The van der Waals surface area contributed by atoms with E-state index in [1.807, 2.05) is 24.3 Å². The Bertz CT molecular complexity index is 480. The van der Waals surface area contributed by atoms with Gasteiger partial charge in [-0.2, -0.15) is 0 Å². The van der Waals surface area contributed by atoms with Crippen molar-refractivity contribution in [1.29, 1.82) is 0 Å². The van der Waals surface area contributed by atoms with Crippen LogP contribution in [0.3, 0.4) is 0 Å². The highest BCUT2D eigenvalue weighted by Gasteiger charge is 2.46. The monoisotopic (exact) mass is 289 g/mol. The normalized spacial score (nSPS) is 18.8. The Hall–Kier alpha value is -0.390. The molecular formula is C10H12BrNO2S. The van der Waals surface area contributed by atoms with E-state index < -0.39 is 10.0 Å². The number of halogens is 1. The molecule has 0 bridgehead atoms. The summed E-state index contributed by atoms with van der Waals surface area (Å²) in [5, 5.41) is 0. The molecule has 1 aromatic rings. The third-order valence-electron chi connectivity index (χ3n) is 2.51. The number of rotatable bonds is 3. The summed E-state index contributed by atoms with van der Waals surface area (Å²) in [6, 6.07) is 7.77. The highest BCUT2D eigenvalue weighted by atomic mass is 79.9. The van der Waals surface area contributed by atoms with E-state index in [0.29, 0.717) is 0 Å². The highest BCUT2D eigenvalue weighted by Crippen LogP contribution is 2.46. The van der Waals surface area contributed by atoms with Crippen molar-refractivity contribution in [3.05, 3.63) is 34.3 Å². The molecule has 3 nitrogen and oxygen atoms in total. The van der Waals surface area contributed by atoms with Gasteiger partial charge in [0.15, 0.2) is 0 Å². The number of hydrogen-bond donors (Lipinski definition) is 1. The van der Waals surface area contributed by atoms with E-state index in [0.717, 1.165) is 22.9 Å². The Morgan fingerprint density at radius 1 is 1.40 bits per heavy atom. The minimum Gasteiger partial charge on any atom is -0.213 e. The average Bonchev–Trinajstić information content (AvgIpc) is 2.83. The summed E-state index contributed by atoms with van der Waals surface area (Å²) in [5.74, 6) is 0. The lowest BCUT2D eigenvalue weighted by Gasteiger charge is -2.16. The van der Waals surface area contributed by atoms with Crippen molar-refractivity contribution in [2.45, 2.75) is 18.4 Å². The first-order valence-electron chi connectivity index (χ1n) is 4.66. The smallest absolute Gasteiger partial charge is 0.209 e. The Labute approximate surface area is 98.1 Å². The summed E-state index contributed by atoms with van der Waals surface area (Å²) < 4.78 is 26.1. The van der Waals surface area contributed by atoms with Crippen LogP contribution in [0.5, 0.6) is 0 Å². The van der Waals surface area contributed by atoms with Crippen LogP contribution in [0.2, 0.25) is 0 Å². The van der Waals surface area contributed by atoms with Crippen LogP contribution in [0.25, 0.3) is 0 Å². The zero-order chi connectivity index (χ0) is 11.1. The second kappa shape index (κ2) is 3.57. The molecule has 0 saturated heterocycles. The van der Waals surface area contributed by atoms with Crippen LogP contribution in [-0.2, 0) is 15.6 Å². The number of sulfonamides is 1. The van der Waals surface area contributed by atoms with Gasteiger partial charge in [-0.15, -0.1) is 0 Å². The molecule has 0 radical (unpaired) electrons. The molecule has 0 unspecified atom stereocenters. The number of benzene rings is 1. The van der Waals surface area contributed by atoms with Gasteiger partial charge in [-0.1, -0.05) is 28.1 Å². The number of hydrogen-bond acceptors (Lipinski definition) is 2. The molecule has 1 aromatic carbocycles. The topological polar surface area (TPSA) is 46.2 Å². The van der Waals surface area contributed by atoms with Crippen LogP contribution in [0.15, 0.2) is 28.7 Å². The lowest BCUT2D eigenvalue weighted by molar-refractivity contribution is 0.557. The second-order valence-corrected chi connectivity index (χ2v) is 6.63. The lowest BCUT2D eigenvalue weighted by Crippen LogP contribution is -2.33. The summed E-state index contributed by atoms with van der Waals surface area (Å²) >= 11 is 3.38. The first-order chi connectivity index (χ1) is 6.91. The summed E-state index contributed by atoms with van der Waals surface area (Å²) in [6.45, 7) is 0. The van der Waals surface area contributed by atoms with Gasteiger partial charge in [-0.3, -0.25) is 0 Å². The molecule has 0 heterocycles. The van der Waals surface area contributed by atoms with Crippen molar-refractivity contribution < 1.29 is 8.42 Å². The van der Waals surface area contributed by atoms with Crippen molar-refractivity contribution in [3.63, 3.8) is 0 Å². The molecular weight excluding hydrogens is 278 g/mol. The maximum absolute atomic E-state index is 11.2. The van der Waals surface area contributed by atoms with E-state index in [1.165, 1.54) is 6.26 Å². The van der Waals surface area contributed by atoms with Gasteiger partial charge in [0.2, 0.25) is 10.0 Å². The maximum atomic E-state index is 11.2. The quantitative estimate of drug-likeness (QED) is 0.925. The van der Waals surface area contributed by atoms with Gasteiger partial charge in [0.25, 0.3) is 0 Å². The Morgan fingerprint density at radius 3 is 2.53 bits per heavy atom. The SMILES string of the molecule is CS(=O)(=O)NC1(c2cccc(Br)c2)CC1. The predicted octanol–water partition coefficient (Wildman–Crippen LogP) is 1.99. The van der Waals surface area contributed by atoms with E-state index in [2.05, 4.69) is 20.7 Å². The van der Waals surface area contributed by atoms with Gasteiger partial charge in [-0.25, -0.2) is 13.1 Å². The van der Waals surface area contributed by atoms with Crippen molar-refractivity contribution >= 4 is 26.0 Å². The number of nitrogens with one attached hydrogen (secondary N) is 1. The van der Waals surface area contributed by atoms with Crippen molar-refractivity contribution in [1.82, 2.24) is 4.72 Å². The van der Waals surface area contributed by atoms with Crippen molar-refractivity contribution in [2.75, 3.05) is 6.26 Å². The second-order valence-electron chi connectivity index (χ2n) is 3.97. The van der Waals surface area contributed by atoms with Gasteiger partial charge in [0, 0.05) is 4.47 Å². The van der Waals surface area contributed by atoms with Crippen LogP contribution < -0.4 is 4.72 Å². The Morgan fingerprint density at radius 2 is 2.07 bits per heavy atom. The minimum absolute atomic E-state index is 0.350. The summed E-state index contributed by atoms with van der Waals surface area (Å²) in [6.07, 6.45) is 2.94. The van der Waals surface area contributed by atoms with Crippen molar-refractivity contribution in [3.8, 4) is 0 Å². The molecule has 82 valence electrons. The van der Waals surface area contributed by atoms with Crippen LogP contribution in [0.1, 0.15) is 18.4 Å². The molecule has 5 heteroatoms. The molecule has 0 atom stereocenters. The fourth-order valence-electron chi connectivity index (χ4n) is 1.72. The maximum Gasteiger partial charge on any atom is 0.209 e. The molecule has 1 aliphatic rings. The first-order valence-corrected chi connectivity index (χ1v) is 7.35. The van der Waals surface area contributed by atoms with Gasteiger partial charge >= 0.3 is 0 Å². The zero-order valence-corrected chi connectivity index (χ0v) is 10.7. The fraction of sp³-hybridized carbons (Fsp3) is 0.400. The van der Waals surface area contributed by atoms with Gasteiger partial charge in [-0.05, 0) is 30.5 Å². The van der Waals surface area contributed by atoms with E-state index in [4.69, 9.17) is 0 Å². The molecule has 0 amide bonds. The van der Waals surface area contributed by atoms with Crippen LogP contribution in [0, 0.1) is 0 Å². The molecule has 1 saturated carbocycles. The predicted molar refractivity (Wildman–Crippen MR) is 63.0 cm³/mol. The zero-order valence-electron chi connectivity index (χ0n) is 8.33. The minimum atomic E-state index is -3.15. The lowest BCUT2D eigenvalue weighted by atomic mass is 10.1. The third-order valence-corrected chi connectivity index (χ3v) is 3.76. The molecule has 0 aromatic heterocycles. The van der Waals surface area contributed by atoms with Gasteiger partial charge < -0.3 is 0 Å². The molecule has 0 aliphatic heterocycles. The van der Waals surface area contributed by atoms with E-state index >= 15 is 0 Å².